The number of H-pyrrole nitrogens is 1. The van der Waals surface area contributed by atoms with E-state index in [9.17, 15) is 14.7 Å². The number of phenolic OH excluding ortho intramolecular Hbond substituents is 1. The molecule has 1 aromatic heterocycles. The number of carbonyl (C=O) groups excluding carboxylic acids is 2. The monoisotopic (exact) mass is 262 g/mol. The van der Waals surface area contributed by atoms with Crippen LogP contribution < -0.4 is 10.1 Å². The van der Waals surface area contributed by atoms with Crippen molar-refractivity contribution in [2.75, 3.05) is 0 Å². The van der Waals surface area contributed by atoms with Gasteiger partial charge in [-0.1, -0.05) is 0 Å². The summed E-state index contributed by atoms with van der Waals surface area (Å²) in [5.41, 5.74) is 1.38. The molecular weight excluding hydrogens is 248 g/mol. The minimum Gasteiger partial charge on any atom is -0.507 e. The fourth-order valence-corrected chi connectivity index (χ4v) is 1.79. The normalized spacial score (nSPS) is 10.4. The highest BCUT2D eigenvalue weighted by atomic mass is 16.5. The van der Waals surface area contributed by atoms with Gasteiger partial charge in [0.05, 0.1) is 5.52 Å². The third-order valence-corrected chi connectivity index (χ3v) is 2.55. The van der Waals surface area contributed by atoms with E-state index in [1.54, 1.807) is 18.2 Å². The largest absolute Gasteiger partial charge is 0.507 e. The van der Waals surface area contributed by atoms with Gasteiger partial charge in [0, 0.05) is 31.8 Å². The molecule has 100 valence electrons. The highest BCUT2D eigenvalue weighted by Gasteiger charge is 2.09. The number of carbonyl (C=O) groups is 2. The predicted molar refractivity (Wildman–Crippen MR) is 68.8 cm³/mol. The Balaban J connectivity index is 2.33. The van der Waals surface area contributed by atoms with Gasteiger partial charge in [-0.25, -0.2) is 0 Å². The van der Waals surface area contributed by atoms with Gasteiger partial charge in [0.2, 0.25) is 11.8 Å². The van der Waals surface area contributed by atoms with Crippen molar-refractivity contribution in [1.82, 2.24) is 10.3 Å². The van der Waals surface area contributed by atoms with Crippen LogP contribution >= 0.6 is 0 Å². The highest BCUT2D eigenvalue weighted by Crippen LogP contribution is 2.30. The number of aromatic nitrogens is 1. The SMILES string of the molecule is CC(=O)NCc1cc(O)c2cc(OC(C)=O)[nH]c2c1. The summed E-state index contributed by atoms with van der Waals surface area (Å²) in [5.74, 6) is -0.252. The van der Waals surface area contributed by atoms with Gasteiger partial charge in [-0.3, -0.25) is 9.59 Å². The number of hydrogen-bond acceptors (Lipinski definition) is 4. The van der Waals surface area contributed by atoms with E-state index in [0.717, 1.165) is 5.56 Å². The van der Waals surface area contributed by atoms with E-state index in [4.69, 9.17) is 4.74 Å². The zero-order valence-corrected chi connectivity index (χ0v) is 10.6. The van der Waals surface area contributed by atoms with Crippen LogP contribution in [0.1, 0.15) is 19.4 Å². The minimum atomic E-state index is -0.440. The van der Waals surface area contributed by atoms with Gasteiger partial charge < -0.3 is 20.1 Å². The van der Waals surface area contributed by atoms with Crippen molar-refractivity contribution in [3.05, 3.63) is 23.8 Å². The maximum absolute atomic E-state index is 10.9. The third kappa shape index (κ3) is 3.04. The number of amides is 1. The van der Waals surface area contributed by atoms with Gasteiger partial charge in [-0.2, -0.15) is 0 Å². The number of aromatic amines is 1. The molecule has 0 aliphatic heterocycles. The predicted octanol–water partition coefficient (Wildman–Crippen LogP) is 1.43. The van der Waals surface area contributed by atoms with Crippen LogP contribution in [0.25, 0.3) is 10.9 Å². The lowest BCUT2D eigenvalue weighted by molar-refractivity contribution is -0.132. The van der Waals surface area contributed by atoms with Crippen molar-refractivity contribution >= 4 is 22.8 Å². The number of aromatic hydroxyl groups is 1. The molecule has 0 radical (unpaired) electrons. The fourth-order valence-electron chi connectivity index (χ4n) is 1.79. The molecule has 2 aromatic rings. The van der Waals surface area contributed by atoms with E-state index in [-0.39, 0.29) is 17.5 Å². The fraction of sp³-hybridized carbons (Fsp3) is 0.231. The lowest BCUT2D eigenvalue weighted by Gasteiger charge is -2.04. The third-order valence-electron chi connectivity index (χ3n) is 2.55. The highest BCUT2D eigenvalue weighted by molar-refractivity contribution is 5.88. The first-order valence-electron chi connectivity index (χ1n) is 5.73. The van der Waals surface area contributed by atoms with E-state index in [1.807, 2.05) is 0 Å². The van der Waals surface area contributed by atoms with Crippen LogP contribution in [0.2, 0.25) is 0 Å². The number of fused-ring (bicyclic) bond motifs is 1. The molecule has 0 saturated carbocycles. The first-order chi connectivity index (χ1) is 8.95. The molecule has 1 aromatic carbocycles. The Kier molecular flexibility index (Phi) is 3.41. The zero-order chi connectivity index (χ0) is 14.0. The second kappa shape index (κ2) is 5.01. The second-order valence-corrected chi connectivity index (χ2v) is 4.21. The van der Waals surface area contributed by atoms with Gasteiger partial charge in [0.15, 0.2) is 0 Å². The summed E-state index contributed by atoms with van der Waals surface area (Å²) in [5, 5.41) is 13.1. The molecule has 0 unspecified atom stereocenters. The summed E-state index contributed by atoms with van der Waals surface area (Å²) in [7, 11) is 0. The van der Waals surface area contributed by atoms with Crippen molar-refractivity contribution in [1.29, 1.82) is 0 Å². The molecule has 6 heteroatoms. The molecule has 6 nitrogen and oxygen atoms in total. The molecule has 2 rings (SSSR count). The number of ether oxygens (including phenoxy) is 1. The van der Waals surface area contributed by atoms with Crippen LogP contribution in [-0.4, -0.2) is 22.0 Å². The average Bonchev–Trinajstić information content (AvgIpc) is 2.68. The van der Waals surface area contributed by atoms with Crippen LogP contribution in [0.5, 0.6) is 11.6 Å². The lowest BCUT2D eigenvalue weighted by atomic mass is 10.1. The Bertz CT molecular complexity index is 645. The Hall–Kier alpha value is -2.50. The number of phenols is 1. The summed E-state index contributed by atoms with van der Waals surface area (Å²) < 4.78 is 4.92. The average molecular weight is 262 g/mol. The van der Waals surface area contributed by atoms with E-state index in [0.29, 0.717) is 17.4 Å². The van der Waals surface area contributed by atoms with Crippen molar-refractivity contribution in [2.45, 2.75) is 20.4 Å². The lowest BCUT2D eigenvalue weighted by Crippen LogP contribution is -2.18. The van der Waals surface area contributed by atoms with Crippen molar-refractivity contribution in [3.63, 3.8) is 0 Å². The van der Waals surface area contributed by atoms with Crippen molar-refractivity contribution in [3.8, 4) is 11.6 Å². The second-order valence-electron chi connectivity index (χ2n) is 4.21. The van der Waals surface area contributed by atoms with E-state index in [2.05, 4.69) is 10.3 Å². The number of esters is 1. The van der Waals surface area contributed by atoms with Crippen LogP contribution in [0.3, 0.4) is 0 Å². The van der Waals surface area contributed by atoms with Gasteiger partial charge >= 0.3 is 5.97 Å². The van der Waals surface area contributed by atoms with E-state index < -0.39 is 5.97 Å². The maximum Gasteiger partial charge on any atom is 0.309 e. The van der Waals surface area contributed by atoms with Gasteiger partial charge in [0.1, 0.15) is 5.75 Å². The number of nitrogens with one attached hydrogen (secondary N) is 2. The Labute approximate surface area is 109 Å². The summed E-state index contributed by atoms with van der Waals surface area (Å²) in [6.45, 7) is 3.04. The first-order valence-corrected chi connectivity index (χ1v) is 5.73. The molecule has 0 aliphatic rings. The molecule has 0 aliphatic carbocycles. The smallest absolute Gasteiger partial charge is 0.309 e. The summed E-state index contributed by atoms with van der Waals surface area (Å²) in [4.78, 5) is 24.6. The van der Waals surface area contributed by atoms with E-state index in [1.165, 1.54) is 13.8 Å². The molecule has 3 N–H and O–H groups in total. The summed E-state index contributed by atoms with van der Waals surface area (Å²) >= 11 is 0. The van der Waals surface area contributed by atoms with Crippen LogP contribution in [0.4, 0.5) is 0 Å². The molecule has 0 spiro atoms. The number of benzene rings is 1. The van der Waals surface area contributed by atoms with Crippen LogP contribution in [0.15, 0.2) is 18.2 Å². The molecular formula is C13H14N2O4. The maximum atomic E-state index is 10.9. The number of hydrogen-bond donors (Lipinski definition) is 3. The summed E-state index contributed by atoms with van der Waals surface area (Å²) in [6, 6.07) is 4.88. The molecule has 0 atom stereocenters. The number of rotatable bonds is 3. The van der Waals surface area contributed by atoms with E-state index >= 15 is 0 Å². The Morgan fingerprint density at radius 1 is 1.32 bits per heavy atom. The van der Waals surface area contributed by atoms with Crippen molar-refractivity contribution < 1.29 is 19.4 Å². The Morgan fingerprint density at radius 2 is 2.05 bits per heavy atom. The topological polar surface area (TPSA) is 91.4 Å². The Morgan fingerprint density at radius 3 is 2.68 bits per heavy atom. The van der Waals surface area contributed by atoms with Crippen LogP contribution in [-0.2, 0) is 16.1 Å². The minimum absolute atomic E-state index is 0.0625. The quantitative estimate of drug-likeness (QED) is 0.730. The summed E-state index contributed by atoms with van der Waals surface area (Å²) in [6.07, 6.45) is 0. The first kappa shape index (κ1) is 12.9. The molecule has 1 heterocycles. The molecule has 1 amide bonds. The molecule has 0 fully saturated rings. The van der Waals surface area contributed by atoms with Gasteiger partial charge in [0.25, 0.3) is 0 Å². The van der Waals surface area contributed by atoms with Crippen molar-refractivity contribution in [2.24, 2.45) is 0 Å². The standard InChI is InChI=1S/C13H14N2O4/c1-7(16)14-6-9-3-11-10(12(18)4-9)5-13(15-11)19-8(2)17/h3-5,15,18H,6H2,1-2H3,(H,14,16). The molecule has 0 bridgehead atoms. The molecule has 19 heavy (non-hydrogen) atoms. The zero-order valence-electron chi connectivity index (χ0n) is 10.6. The van der Waals surface area contributed by atoms with Gasteiger partial charge in [-0.15, -0.1) is 0 Å². The molecule has 0 saturated heterocycles. The van der Waals surface area contributed by atoms with Gasteiger partial charge in [-0.05, 0) is 17.7 Å². The van der Waals surface area contributed by atoms with Crippen LogP contribution in [0, 0.1) is 0 Å².